The smallest absolute Gasteiger partial charge is 0.416 e. The summed E-state index contributed by atoms with van der Waals surface area (Å²) in [5.41, 5.74) is -1.94. The zero-order valence-electron chi connectivity index (χ0n) is 16.4. The summed E-state index contributed by atoms with van der Waals surface area (Å²) in [7, 11) is 0. The molecule has 0 atom stereocenters. The van der Waals surface area contributed by atoms with Gasteiger partial charge in [-0.15, -0.1) is 0 Å². The Balaban J connectivity index is 1.72. The molecule has 3 aromatic rings. The van der Waals surface area contributed by atoms with Crippen molar-refractivity contribution in [3.05, 3.63) is 86.7 Å². The van der Waals surface area contributed by atoms with Crippen molar-refractivity contribution >= 4 is 11.8 Å². The van der Waals surface area contributed by atoms with Gasteiger partial charge >= 0.3 is 12.4 Å². The Morgan fingerprint density at radius 3 is 1.91 bits per heavy atom. The number of nitrogens with one attached hydrogen (secondary N) is 1. The summed E-state index contributed by atoms with van der Waals surface area (Å²) < 4.78 is 81.3. The fourth-order valence-corrected chi connectivity index (χ4v) is 3.40. The molecule has 3 rings (SSSR count). The Labute approximate surface area is 187 Å². The summed E-state index contributed by atoms with van der Waals surface area (Å²) in [5, 5.41) is 9.26. The fraction of sp³-hybridized carbons (Fsp3) is 0.190. The van der Waals surface area contributed by atoms with Crippen LogP contribution in [0.2, 0.25) is 0 Å². The van der Waals surface area contributed by atoms with Gasteiger partial charge in [-0.3, -0.25) is 4.79 Å². The fourth-order valence-electron chi connectivity index (χ4n) is 2.59. The highest BCUT2D eigenvalue weighted by Crippen LogP contribution is 2.31. The van der Waals surface area contributed by atoms with E-state index < -0.39 is 34.6 Å². The Kier molecular flexibility index (Phi) is 7.02. The van der Waals surface area contributed by atoms with E-state index in [-0.39, 0.29) is 23.4 Å². The lowest BCUT2D eigenvalue weighted by atomic mass is 10.1. The van der Waals surface area contributed by atoms with E-state index in [1.807, 2.05) is 0 Å². The maximum atomic E-state index is 12.7. The van der Waals surface area contributed by atoms with Crippen LogP contribution in [-0.4, -0.2) is 9.97 Å². The van der Waals surface area contributed by atoms with Gasteiger partial charge in [-0.1, -0.05) is 36.0 Å². The molecular weight excluding hydrogens is 472 g/mol. The van der Waals surface area contributed by atoms with Crippen molar-refractivity contribution in [3.8, 4) is 11.9 Å². The quantitative estimate of drug-likeness (QED) is 0.281. The molecule has 0 fully saturated rings. The van der Waals surface area contributed by atoms with Crippen LogP contribution in [0.4, 0.5) is 26.3 Å². The molecule has 1 aromatic heterocycles. The van der Waals surface area contributed by atoms with E-state index in [0.29, 0.717) is 11.1 Å². The molecule has 12 heteroatoms. The van der Waals surface area contributed by atoms with E-state index in [2.05, 4.69) is 9.97 Å². The number of nitriles is 1. The van der Waals surface area contributed by atoms with Crippen LogP contribution in [0.25, 0.3) is 0 Å². The second-order valence-electron chi connectivity index (χ2n) is 6.63. The molecule has 5 nitrogen and oxygen atoms in total. The molecule has 0 aliphatic carbocycles. The molecule has 1 heterocycles. The second kappa shape index (κ2) is 9.58. The van der Waals surface area contributed by atoms with Gasteiger partial charge < -0.3 is 9.72 Å². The number of rotatable bonds is 6. The van der Waals surface area contributed by atoms with Crippen LogP contribution in [0.15, 0.2) is 58.5 Å². The highest BCUT2D eigenvalue weighted by Gasteiger charge is 2.30. The second-order valence-corrected chi connectivity index (χ2v) is 7.59. The first-order chi connectivity index (χ1) is 15.5. The van der Waals surface area contributed by atoms with Crippen LogP contribution in [0.5, 0.6) is 5.88 Å². The molecule has 2 aromatic carbocycles. The highest BCUT2D eigenvalue weighted by atomic mass is 32.2. The van der Waals surface area contributed by atoms with Gasteiger partial charge in [0.2, 0.25) is 5.88 Å². The molecule has 172 valence electrons. The SMILES string of the molecule is N#Cc1c(OCc2ccc(C(F)(F)F)cc2)nc(SCc2ccc(C(F)(F)F)cc2)[nH]c1=O. The summed E-state index contributed by atoms with van der Waals surface area (Å²) in [6.07, 6.45) is -8.94. The number of thioether (sulfide) groups is 1. The molecule has 33 heavy (non-hydrogen) atoms. The van der Waals surface area contributed by atoms with Crippen molar-refractivity contribution in [2.45, 2.75) is 29.9 Å². The van der Waals surface area contributed by atoms with Gasteiger partial charge in [-0.2, -0.15) is 36.6 Å². The molecule has 0 spiro atoms. The predicted molar refractivity (Wildman–Crippen MR) is 106 cm³/mol. The minimum Gasteiger partial charge on any atom is -0.472 e. The molecular formula is C21H13F6N3O2S. The molecule has 0 aliphatic heterocycles. The van der Waals surface area contributed by atoms with Crippen molar-refractivity contribution < 1.29 is 31.1 Å². The van der Waals surface area contributed by atoms with Crippen LogP contribution < -0.4 is 10.3 Å². The lowest BCUT2D eigenvalue weighted by Crippen LogP contribution is -2.15. The van der Waals surface area contributed by atoms with E-state index in [9.17, 15) is 36.4 Å². The topological polar surface area (TPSA) is 78.8 Å². The number of ether oxygens (including phenoxy) is 1. The van der Waals surface area contributed by atoms with Gasteiger partial charge in [0.05, 0.1) is 11.1 Å². The number of halogens is 6. The van der Waals surface area contributed by atoms with Crippen molar-refractivity contribution in [1.29, 1.82) is 5.26 Å². The summed E-state index contributed by atoms with van der Waals surface area (Å²) >= 11 is 0.998. The lowest BCUT2D eigenvalue weighted by molar-refractivity contribution is -0.138. The summed E-state index contributed by atoms with van der Waals surface area (Å²) in [6.45, 7) is -0.244. The number of aromatic nitrogens is 2. The Bertz CT molecular complexity index is 1210. The normalized spacial score (nSPS) is 11.8. The molecule has 0 aliphatic rings. The van der Waals surface area contributed by atoms with E-state index in [1.54, 1.807) is 6.07 Å². The number of alkyl halides is 6. The average molecular weight is 485 g/mol. The van der Waals surface area contributed by atoms with Crippen molar-refractivity contribution in [2.75, 3.05) is 0 Å². The first-order valence-corrected chi connectivity index (χ1v) is 10.1. The van der Waals surface area contributed by atoms with Crippen LogP contribution >= 0.6 is 11.8 Å². The first-order valence-electron chi connectivity index (χ1n) is 9.09. The minimum atomic E-state index is -4.49. The van der Waals surface area contributed by atoms with Crippen molar-refractivity contribution in [2.24, 2.45) is 0 Å². The van der Waals surface area contributed by atoms with Gasteiger partial charge in [-0.05, 0) is 35.4 Å². The van der Waals surface area contributed by atoms with E-state index >= 15 is 0 Å². The molecule has 0 bridgehead atoms. The van der Waals surface area contributed by atoms with Gasteiger partial charge in [-0.25, -0.2) is 0 Å². The zero-order valence-corrected chi connectivity index (χ0v) is 17.2. The predicted octanol–water partition coefficient (Wildman–Crippen LogP) is 5.55. The van der Waals surface area contributed by atoms with Crippen LogP contribution in [-0.2, 0) is 24.7 Å². The molecule has 0 saturated carbocycles. The third-order valence-electron chi connectivity index (χ3n) is 4.29. The number of nitrogens with zero attached hydrogens (tertiary/aromatic N) is 2. The maximum Gasteiger partial charge on any atom is 0.416 e. The molecule has 0 amide bonds. The van der Waals surface area contributed by atoms with Gasteiger partial charge in [0, 0.05) is 5.75 Å². The maximum absolute atomic E-state index is 12.7. The minimum absolute atomic E-state index is 0.0568. The summed E-state index contributed by atoms with van der Waals surface area (Å²) in [5.74, 6) is -0.137. The van der Waals surface area contributed by atoms with Gasteiger partial charge in [0.25, 0.3) is 5.56 Å². The third kappa shape index (κ3) is 6.29. The van der Waals surface area contributed by atoms with E-state index in [4.69, 9.17) is 4.74 Å². The molecule has 1 N–H and O–H groups in total. The monoisotopic (exact) mass is 485 g/mol. The largest absolute Gasteiger partial charge is 0.472 e. The zero-order chi connectivity index (χ0) is 24.2. The van der Waals surface area contributed by atoms with Crippen LogP contribution in [0.1, 0.15) is 27.8 Å². The third-order valence-corrected chi connectivity index (χ3v) is 5.23. The number of hydrogen-bond acceptors (Lipinski definition) is 5. The molecule has 0 saturated heterocycles. The molecule has 0 radical (unpaired) electrons. The Morgan fingerprint density at radius 2 is 1.42 bits per heavy atom. The van der Waals surface area contributed by atoms with Crippen LogP contribution in [0.3, 0.4) is 0 Å². The summed E-state index contributed by atoms with van der Waals surface area (Å²) in [6, 6.07) is 10.2. The van der Waals surface area contributed by atoms with Gasteiger partial charge in [0.1, 0.15) is 12.7 Å². The van der Waals surface area contributed by atoms with Crippen LogP contribution in [0, 0.1) is 11.3 Å². The number of aromatic amines is 1. The van der Waals surface area contributed by atoms with E-state index in [1.165, 1.54) is 24.3 Å². The number of H-pyrrole nitrogens is 1. The Morgan fingerprint density at radius 1 is 0.909 bits per heavy atom. The molecule has 0 unspecified atom stereocenters. The average Bonchev–Trinajstić information content (AvgIpc) is 2.75. The Hall–Kier alpha value is -3.46. The first kappa shape index (κ1) is 24.2. The van der Waals surface area contributed by atoms with E-state index in [0.717, 1.165) is 36.0 Å². The van der Waals surface area contributed by atoms with Gasteiger partial charge in [0.15, 0.2) is 10.7 Å². The summed E-state index contributed by atoms with van der Waals surface area (Å²) in [4.78, 5) is 18.6. The lowest BCUT2D eigenvalue weighted by Gasteiger charge is -2.10. The number of benzene rings is 2. The van der Waals surface area contributed by atoms with Crippen molar-refractivity contribution in [1.82, 2.24) is 9.97 Å². The van der Waals surface area contributed by atoms with Crippen molar-refractivity contribution in [3.63, 3.8) is 0 Å². The standard InChI is InChI=1S/C21H13F6N3O2S/c22-20(23,24)14-5-1-12(2-6-14)10-32-18-16(9-28)17(31)29-19(30-18)33-11-13-3-7-15(8-4-13)21(25,26)27/h1-8H,10-11H2,(H,29,30,31). The number of hydrogen-bond donors (Lipinski definition) is 1. The highest BCUT2D eigenvalue weighted by molar-refractivity contribution is 7.98.